The Balaban J connectivity index is 2.17. The SMILES string of the molecule is CNC(=O)c1cccc(NC(=O)Cc2ccc(OC)cc2OC)c1C. The number of benzene rings is 2. The number of hydrogen-bond donors (Lipinski definition) is 2. The average Bonchev–Trinajstić information content (AvgIpc) is 2.63. The van der Waals surface area contributed by atoms with E-state index >= 15 is 0 Å². The number of carbonyl (C=O) groups excluding carboxylic acids is 2. The molecule has 2 aromatic rings. The molecule has 0 radical (unpaired) electrons. The summed E-state index contributed by atoms with van der Waals surface area (Å²) in [6.07, 6.45) is 0.150. The number of ether oxygens (including phenoxy) is 2. The van der Waals surface area contributed by atoms with Crippen LogP contribution in [-0.4, -0.2) is 33.1 Å². The quantitative estimate of drug-likeness (QED) is 0.846. The van der Waals surface area contributed by atoms with Gasteiger partial charge in [-0.3, -0.25) is 9.59 Å². The van der Waals surface area contributed by atoms with E-state index in [-0.39, 0.29) is 18.2 Å². The lowest BCUT2D eigenvalue weighted by Crippen LogP contribution is -2.21. The number of carbonyl (C=O) groups is 2. The molecular weight excluding hydrogens is 320 g/mol. The highest BCUT2D eigenvalue weighted by Gasteiger charge is 2.14. The first-order valence-electron chi connectivity index (χ1n) is 7.82. The van der Waals surface area contributed by atoms with E-state index in [1.54, 1.807) is 64.6 Å². The van der Waals surface area contributed by atoms with Crippen molar-refractivity contribution in [2.24, 2.45) is 0 Å². The van der Waals surface area contributed by atoms with E-state index in [1.165, 1.54) is 0 Å². The highest BCUT2D eigenvalue weighted by atomic mass is 16.5. The average molecular weight is 342 g/mol. The Kier molecular flexibility index (Phi) is 6.00. The summed E-state index contributed by atoms with van der Waals surface area (Å²) in [5, 5.41) is 5.44. The van der Waals surface area contributed by atoms with Crippen molar-refractivity contribution >= 4 is 17.5 Å². The van der Waals surface area contributed by atoms with Crippen LogP contribution in [0.25, 0.3) is 0 Å². The third-order valence-electron chi connectivity index (χ3n) is 3.92. The van der Waals surface area contributed by atoms with E-state index in [9.17, 15) is 9.59 Å². The maximum Gasteiger partial charge on any atom is 0.251 e. The molecule has 0 aliphatic heterocycles. The van der Waals surface area contributed by atoms with Crippen LogP contribution in [-0.2, 0) is 11.2 Å². The first kappa shape index (κ1) is 18.3. The summed E-state index contributed by atoms with van der Waals surface area (Å²) in [5.41, 5.74) is 2.61. The summed E-state index contributed by atoms with van der Waals surface area (Å²) >= 11 is 0. The second-order valence-corrected chi connectivity index (χ2v) is 5.46. The molecular formula is C19H22N2O4. The minimum Gasteiger partial charge on any atom is -0.497 e. The molecule has 25 heavy (non-hydrogen) atoms. The lowest BCUT2D eigenvalue weighted by molar-refractivity contribution is -0.115. The Bertz CT molecular complexity index is 787. The summed E-state index contributed by atoms with van der Waals surface area (Å²) in [6, 6.07) is 10.5. The second kappa shape index (κ2) is 8.19. The summed E-state index contributed by atoms with van der Waals surface area (Å²) in [7, 11) is 4.69. The first-order valence-corrected chi connectivity index (χ1v) is 7.82. The van der Waals surface area contributed by atoms with Crippen molar-refractivity contribution in [3.63, 3.8) is 0 Å². The molecule has 6 nitrogen and oxygen atoms in total. The van der Waals surface area contributed by atoms with Gasteiger partial charge in [-0.1, -0.05) is 12.1 Å². The van der Waals surface area contributed by atoms with E-state index in [0.29, 0.717) is 22.7 Å². The highest BCUT2D eigenvalue weighted by Crippen LogP contribution is 2.25. The van der Waals surface area contributed by atoms with E-state index in [4.69, 9.17) is 9.47 Å². The van der Waals surface area contributed by atoms with E-state index in [2.05, 4.69) is 10.6 Å². The normalized spacial score (nSPS) is 10.1. The van der Waals surface area contributed by atoms with Crippen LogP contribution in [0, 0.1) is 6.92 Å². The van der Waals surface area contributed by atoms with Gasteiger partial charge in [-0.25, -0.2) is 0 Å². The Morgan fingerprint density at radius 3 is 2.48 bits per heavy atom. The van der Waals surface area contributed by atoms with Crippen LogP contribution in [0.1, 0.15) is 21.5 Å². The van der Waals surface area contributed by atoms with Crippen molar-refractivity contribution in [3.8, 4) is 11.5 Å². The van der Waals surface area contributed by atoms with Gasteiger partial charge in [-0.2, -0.15) is 0 Å². The lowest BCUT2D eigenvalue weighted by atomic mass is 10.1. The minimum atomic E-state index is -0.194. The maximum atomic E-state index is 12.4. The number of nitrogens with one attached hydrogen (secondary N) is 2. The van der Waals surface area contributed by atoms with Crippen molar-refractivity contribution in [2.45, 2.75) is 13.3 Å². The van der Waals surface area contributed by atoms with Gasteiger partial charge in [0.2, 0.25) is 5.91 Å². The fraction of sp³-hybridized carbons (Fsp3) is 0.263. The topological polar surface area (TPSA) is 76.7 Å². The van der Waals surface area contributed by atoms with E-state index in [0.717, 1.165) is 11.1 Å². The molecule has 0 aliphatic carbocycles. The first-order chi connectivity index (χ1) is 12.0. The monoisotopic (exact) mass is 342 g/mol. The Labute approximate surface area is 147 Å². The third-order valence-corrected chi connectivity index (χ3v) is 3.92. The van der Waals surface area contributed by atoms with Crippen LogP contribution in [0.15, 0.2) is 36.4 Å². The molecule has 0 atom stereocenters. The predicted molar refractivity (Wildman–Crippen MR) is 96.4 cm³/mol. The zero-order chi connectivity index (χ0) is 18.4. The van der Waals surface area contributed by atoms with Gasteiger partial charge in [0.15, 0.2) is 0 Å². The fourth-order valence-corrected chi connectivity index (χ4v) is 2.52. The van der Waals surface area contributed by atoms with Crippen LogP contribution in [0.3, 0.4) is 0 Å². The largest absolute Gasteiger partial charge is 0.497 e. The van der Waals surface area contributed by atoms with Gasteiger partial charge >= 0.3 is 0 Å². The van der Waals surface area contributed by atoms with Crippen LogP contribution < -0.4 is 20.1 Å². The van der Waals surface area contributed by atoms with Crippen molar-refractivity contribution in [2.75, 3.05) is 26.6 Å². The van der Waals surface area contributed by atoms with Crippen molar-refractivity contribution in [1.82, 2.24) is 5.32 Å². The van der Waals surface area contributed by atoms with Gasteiger partial charge in [-0.15, -0.1) is 0 Å². The van der Waals surface area contributed by atoms with Gasteiger partial charge in [0.1, 0.15) is 11.5 Å². The lowest BCUT2D eigenvalue weighted by Gasteiger charge is -2.13. The summed E-state index contributed by atoms with van der Waals surface area (Å²) in [4.78, 5) is 24.3. The zero-order valence-corrected chi connectivity index (χ0v) is 14.8. The van der Waals surface area contributed by atoms with Crippen LogP contribution in [0.4, 0.5) is 5.69 Å². The van der Waals surface area contributed by atoms with Crippen LogP contribution >= 0.6 is 0 Å². The molecule has 0 saturated carbocycles. The number of amides is 2. The van der Waals surface area contributed by atoms with E-state index in [1.807, 2.05) is 0 Å². The molecule has 2 rings (SSSR count). The van der Waals surface area contributed by atoms with Gasteiger partial charge in [0.25, 0.3) is 5.91 Å². The maximum absolute atomic E-state index is 12.4. The molecule has 0 heterocycles. The smallest absolute Gasteiger partial charge is 0.251 e. The molecule has 0 aliphatic rings. The molecule has 2 amide bonds. The number of methoxy groups -OCH3 is 2. The third kappa shape index (κ3) is 4.29. The minimum absolute atomic E-state index is 0.150. The van der Waals surface area contributed by atoms with Gasteiger partial charge in [0.05, 0.1) is 20.6 Å². The summed E-state index contributed by atoms with van der Waals surface area (Å²) < 4.78 is 10.5. The summed E-state index contributed by atoms with van der Waals surface area (Å²) in [5.74, 6) is 0.867. The van der Waals surface area contributed by atoms with Crippen molar-refractivity contribution in [1.29, 1.82) is 0 Å². The fourth-order valence-electron chi connectivity index (χ4n) is 2.52. The summed E-state index contributed by atoms with van der Waals surface area (Å²) in [6.45, 7) is 1.80. The molecule has 6 heteroatoms. The Morgan fingerprint density at radius 1 is 1.08 bits per heavy atom. The molecule has 0 spiro atoms. The number of rotatable bonds is 6. The highest BCUT2D eigenvalue weighted by molar-refractivity contribution is 5.99. The van der Waals surface area contributed by atoms with Gasteiger partial charge < -0.3 is 20.1 Å². The van der Waals surface area contributed by atoms with Gasteiger partial charge in [-0.05, 0) is 30.7 Å². The van der Waals surface area contributed by atoms with Crippen molar-refractivity contribution in [3.05, 3.63) is 53.1 Å². The second-order valence-electron chi connectivity index (χ2n) is 5.46. The molecule has 0 fully saturated rings. The molecule has 0 saturated heterocycles. The standard InChI is InChI=1S/C19H22N2O4/c1-12-15(19(23)20-2)6-5-7-16(12)21-18(22)10-13-8-9-14(24-3)11-17(13)25-4/h5-9,11H,10H2,1-4H3,(H,20,23)(H,21,22). The predicted octanol–water partition coefficient (Wildman–Crippen LogP) is 2.55. The number of hydrogen-bond acceptors (Lipinski definition) is 4. The van der Waals surface area contributed by atoms with Crippen LogP contribution in [0.5, 0.6) is 11.5 Å². The molecule has 2 aromatic carbocycles. The zero-order valence-electron chi connectivity index (χ0n) is 14.8. The van der Waals surface area contributed by atoms with Crippen molar-refractivity contribution < 1.29 is 19.1 Å². The Morgan fingerprint density at radius 2 is 1.84 bits per heavy atom. The molecule has 0 aromatic heterocycles. The van der Waals surface area contributed by atoms with E-state index < -0.39 is 0 Å². The molecule has 132 valence electrons. The van der Waals surface area contributed by atoms with Gasteiger partial charge in [0, 0.05) is 29.9 Å². The molecule has 2 N–H and O–H groups in total. The Hall–Kier alpha value is -3.02. The number of anilines is 1. The molecule has 0 bridgehead atoms. The molecule has 0 unspecified atom stereocenters. The van der Waals surface area contributed by atoms with Crippen LogP contribution in [0.2, 0.25) is 0 Å².